The van der Waals surface area contributed by atoms with Crippen molar-refractivity contribution >= 4 is 18.3 Å². The first-order chi connectivity index (χ1) is 8.27. The Morgan fingerprint density at radius 2 is 1.56 bits per heavy atom. The first-order valence-corrected chi connectivity index (χ1v) is 7.32. The lowest BCUT2D eigenvalue weighted by atomic mass is 9.89. The molecule has 0 aromatic heterocycles. The quantitative estimate of drug-likeness (QED) is 0.799. The Bertz CT molecular complexity index is 252. The van der Waals surface area contributed by atoms with Crippen molar-refractivity contribution in [1.29, 1.82) is 0 Å². The minimum Gasteiger partial charge on any atom is -0.341 e. The molecule has 4 heteroatoms. The molecule has 3 nitrogen and oxygen atoms in total. The third-order valence-electron chi connectivity index (χ3n) is 4.22. The largest absolute Gasteiger partial charge is 0.341 e. The van der Waals surface area contributed by atoms with Crippen LogP contribution in [0.15, 0.2) is 0 Å². The molecule has 2 aliphatic rings. The van der Waals surface area contributed by atoms with Crippen molar-refractivity contribution < 1.29 is 4.79 Å². The van der Waals surface area contributed by atoms with Gasteiger partial charge in [0.25, 0.3) is 0 Å². The maximum Gasteiger partial charge on any atom is 0.225 e. The van der Waals surface area contributed by atoms with Crippen LogP contribution in [-0.2, 0) is 4.79 Å². The van der Waals surface area contributed by atoms with E-state index in [1.807, 2.05) is 4.90 Å². The Hall–Kier alpha value is -0.280. The van der Waals surface area contributed by atoms with E-state index in [0.29, 0.717) is 11.8 Å². The summed E-state index contributed by atoms with van der Waals surface area (Å²) in [5.41, 5.74) is 5.95. The summed E-state index contributed by atoms with van der Waals surface area (Å²) in [5, 5.41) is 0. The molecule has 1 unspecified atom stereocenters. The van der Waals surface area contributed by atoms with Crippen LogP contribution in [0.3, 0.4) is 0 Å². The van der Waals surface area contributed by atoms with Gasteiger partial charge in [0.1, 0.15) is 0 Å². The lowest BCUT2D eigenvalue weighted by molar-refractivity contribution is -0.137. The summed E-state index contributed by atoms with van der Waals surface area (Å²) in [6.45, 7) is 1.72. The Kier molecular flexibility index (Phi) is 7.02. The Morgan fingerprint density at radius 1 is 0.944 bits per heavy atom. The second kappa shape index (κ2) is 8.00. The molecule has 0 radical (unpaired) electrons. The van der Waals surface area contributed by atoms with Crippen LogP contribution in [0.2, 0.25) is 0 Å². The first kappa shape index (κ1) is 15.8. The molecular weight excluding hydrogens is 248 g/mol. The van der Waals surface area contributed by atoms with E-state index in [1.165, 1.54) is 32.1 Å². The van der Waals surface area contributed by atoms with Gasteiger partial charge in [0.05, 0.1) is 0 Å². The molecule has 2 fully saturated rings. The van der Waals surface area contributed by atoms with Gasteiger partial charge in [0, 0.05) is 25.0 Å². The van der Waals surface area contributed by atoms with Gasteiger partial charge >= 0.3 is 0 Å². The van der Waals surface area contributed by atoms with Gasteiger partial charge in [-0.15, -0.1) is 12.4 Å². The van der Waals surface area contributed by atoms with Gasteiger partial charge in [-0.25, -0.2) is 0 Å². The summed E-state index contributed by atoms with van der Waals surface area (Å²) >= 11 is 0. The van der Waals surface area contributed by atoms with E-state index in [4.69, 9.17) is 5.73 Å². The molecular formula is C14H27ClN2O. The second-order valence-electron chi connectivity index (χ2n) is 5.73. The molecule has 1 saturated heterocycles. The number of amides is 1. The summed E-state index contributed by atoms with van der Waals surface area (Å²) in [6, 6.07) is 0.209. The summed E-state index contributed by atoms with van der Waals surface area (Å²) in [7, 11) is 0. The topological polar surface area (TPSA) is 46.3 Å². The molecule has 18 heavy (non-hydrogen) atoms. The van der Waals surface area contributed by atoms with Gasteiger partial charge in [-0.05, 0) is 25.7 Å². The number of carbonyl (C=O) groups excluding carboxylic acids is 1. The number of hydrogen-bond acceptors (Lipinski definition) is 2. The molecule has 0 spiro atoms. The molecule has 0 bridgehead atoms. The number of halogens is 1. The molecule has 1 saturated carbocycles. The molecule has 1 atom stereocenters. The normalized spacial score (nSPS) is 26.9. The van der Waals surface area contributed by atoms with Crippen LogP contribution in [0.1, 0.15) is 57.8 Å². The van der Waals surface area contributed by atoms with Gasteiger partial charge in [-0.2, -0.15) is 0 Å². The lowest BCUT2D eigenvalue weighted by Crippen LogP contribution is -2.47. The smallest absolute Gasteiger partial charge is 0.225 e. The van der Waals surface area contributed by atoms with E-state index in [1.54, 1.807) is 0 Å². The van der Waals surface area contributed by atoms with Crippen molar-refractivity contribution in [2.45, 2.75) is 63.8 Å². The average Bonchev–Trinajstić information content (AvgIpc) is 2.28. The molecule has 106 valence electrons. The monoisotopic (exact) mass is 274 g/mol. The fraction of sp³-hybridized carbons (Fsp3) is 0.929. The van der Waals surface area contributed by atoms with Crippen LogP contribution < -0.4 is 5.73 Å². The molecule has 1 aliphatic heterocycles. The van der Waals surface area contributed by atoms with Crippen molar-refractivity contribution in [3.05, 3.63) is 0 Å². The molecule has 0 aromatic rings. The SMILES string of the molecule is Cl.NC1CCCN(C(=O)C2CCCCCCC2)C1. The summed E-state index contributed by atoms with van der Waals surface area (Å²) in [5.74, 6) is 0.683. The summed E-state index contributed by atoms with van der Waals surface area (Å²) < 4.78 is 0. The van der Waals surface area contributed by atoms with Crippen molar-refractivity contribution in [3.8, 4) is 0 Å². The van der Waals surface area contributed by atoms with E-state index in [2.05, 4.69) is 0 Å². The van der Waals surface area contributed by atoms with E-state index in [0.717, 1.165) is 38.8 Å². The Labute approximate surface area is 117 Å². The lowest BCUT2D eigenvalue weighted by Gasteiger charge is -2.34. The third kappa shape index (κ3) is 4.43. The number of likely N-dealkylation sites (tertiary alicyclic amines) is 1. The van der Waals surface area contributed by atoms with E-state index < -0.39 is 0 Å². The number of nitrogens with two attached hydrogens (primary N) is 1. The van der Waals surface area contributed by atoms with Crippen LogP contribution in [0.5, 0.6) is 0 Å². The molecule has 1 heterocycles. The van der Waals surface area contributed by atoms with Gasteiger partial charge in [0.2, 0.25) is 5.91 Å². The number of hydrogen-bond donors (Lipinski definition) is 1. The van der Waals surface area contributed by atoms with Gasteiger partial charge < -0.3 is 10.6 Å². The third-order valence-corrected chi connectivity index (χ3v) is 4.22. The average molecular weight is 275 g/mol. The molecule has 0 aromatic carbocycles. The highest BCUT2D eigenvalue weighted by Gasteiger charge is 2.27. The summed E-state index contributed by atoms with van der Waals surface area (Å²) in [4.78, 5) is 14.5. The highest BCUT2D eigenvalue weighted by molar-refractivity contribution is 5.85. The number of nitrogens with zero attached hydrogens (tertiary/aromatic N) is 1. The predicted octanol–water partition coefficient (Wildman–Crippen LogP) is 2.72. The first-order valence-electron chi connectivity index (χ1n) is 7.32. The highest BCUT2D eigenvalue weighted by atomic mass is 35.5. The number of piperidine rings is 1. The fourth-order valence-corrected chi connectivity index (χ4v) is 3.17. The van der Waals surface area contributed by atoms with Crippen LogP contribution >= 0.6 is 12.4 Å². The van der Waals surface area contributed by atoms with Gasteiger partial charge in [-0.1, -0.05) is 32.1 Å². The van der Waals surface area contributed by atoms with Crippen molar-refractivity contribution in [3.63, 3.8) is 0 Å². The second-order valence-corrected chi connectivity index (χ2v) is 5.73. The molecule has 2 N–H and O–H groups in total. The fourth-order valence-electron chi connectivity index (χ4n) is 3.17. The van der Waals surface area contributed by atoms with Gasteiger partial charge in [-0.3, -0.25) is 4.79 Å². The predicted molar refractivity (Wildman–Crippen MR) is 76.8 cm³/mol. The van der Waals surface area contributed by atoms with E-state index in [-0.39, 0.29) is 18.4 Å². The Balaban J connectivity index is 0.00000162. The van der Waals surface area contributed by atoms with E-state index in [9.17, 15) is 4.79 Å². The zero-order valence-corrected chi connectivity index (χ0v) is 12.1. The van der Waals surface area contributed by atoms with Crippen molar-refractivity contribution in [2.24, 2.45) is 11.7 Å². The van der Waals surface area contributed by atoms with Crippen LogP contribution in [0, 0.1) is 5.92 Å². The minimum atomic E-state index is 0. The number of carbonyl (C=O) groups is 1. The standard InChI is InChI=1S/C14H26N2O.ClH/c15-13-9-6-10-16(11-13)14(17)12-7-4-2-1-3-5-8-12;/h12-13H,1-11,15H2;1H. The number of rotatable bonds is 1. The van der Waals surface area contributed by atoms with Gasteiger partial charge in [0.15, 0.2) is 0 Å². The van der Waals surface area contributed by atoms with Crippen LogP contribution in [0.4, 0.5) is 0 Å². The van der Waals surface area contributed by atoms with Crippen molar-refractivity contribution in [1.82, 2.24) is 4.90 Å². The zero-order chi connectivity index (χ0) is 12.1. The maximum absolute atomic E-state index is 12.4. The Morgan fingerprint density at radius 3 is 2.17 bits per heavy atom. The molecule has 1 amide bonds. The highest BCUT2D eigenvalue weighted by Crippen LogP contribution is 2.25. The maximum atomic E-state index is 12.4. The zero-order valence-electron chi connectivity index (χ0n) is 11.3. The minimum absolute atomic E-state index is 0. The molecule has 1 aliphatic carbocycles. The molecule has 2 rings (SSSR count). The summed E-state index contributed by atoms with van der Waals surface area (Å²) in [6.07, 6.45) is 10.8. The van der Waals surface area contributed by atoms with Crippen LogP contribution in [0.25, 0.3) is 0 Å². The van der Waals surface area contributed by atoms with E-state index >= 15 is 0 Å². The van der Waals surface area contributed by atoms with Crippen molar-refractivity contribution in [2.75, 3.05) is 13.1 Å². The van der Waals surface area contributed by atoms with Crippen LogP contribution in [-0.4, -0.2) is 29.9 Å².